The number of rotatable bonds is 6. The fourth-order valence-corrected chi connectivity index (χ4v) is 1.87. The molecular formula is C15H20N4O2. The van der Waals surface area contributed by atoms with Gasteiger partial charge in [0.05, 0.1) is 24.5 Å². The number of hydrogen-bond donors (Lipinski definition) is 3. The second kappa shape index (κ2) is 7.44. The highest BCUT2D eigenvalue weighted by molar-refractivity contribution is 5.74. The number of aliphatic hydroxyl groups is 1. The Labute approximate surface area is 123 Å². The van der Waals surface area contributed by atoms with Gasteiger partial charge in [-0.15, -0.1) is 0 Å². The zero-order valence-corrected chi connectivity index (χ0v) is 12.0. The van der Waals surface area contributed by atoms with Gasteiger partial charge in [-0.3, -0.25) is 0 Å². The number of aromatic nitrogens is 2. The molecule has 0 spiro atoms. The molecule has 0 aliphatic rings. The molecule has 112 valence electrons. The second-order valence-electron chi connectivity index (χ2n) is 4.74. The van der Waals surface area contributed by atoms with E-state index >= 15 is 0 Å². The summed E-state index contributed by atoms with van der Waals surface area (Å²) in [5, 5.41) is 18.7. The first-order chi connectivity index (χ1) is 10.2. The minimum Gasteiger partial charge on any atom is -0.394 e. The first kappa shape index (κ1) is 15.1. The Bertz CT molecular complexity index is 564. The van der Waals surface area contributed by atoms with E-state index < -0.39 is 0 Å². The molecule has 0 saturated carbocycles. The van der Waals surface area contributed by atoms with Crippen molar-refractivity contribution in [3.8, 4) is 5.69 Å². The van der Waals surface area contributed by atoms with Gasteiger partial charge in [0, 0.05) is 18.3 Å². The first-order valence-corrected chi connectivity index (χ1v) is 6.97. The summed E-state index contributed by atoms with van der Waals surface area (Å²) in [6.07, 6.45) is 4.28. The van der Waals surface area contributed by atoms with Crippen molar-refractivity contribution in [1.82, 2.24) is 20.4 Å². The van der Waals surface area contributed by atoms with Crippen LogP contribution in [0.3, 0.4) is 0 Å². The average Bonchev–Trinajstić information content (AvgIpc) is 3.00. The molecule has 0 bridgehead atoms. The summed E-state index contributed by atoms with van der Waals surface area (Å²) in [5.74, 6) is 0. The Balaban J connectivity index is 1.87. The van der Waals surface area contributed by atoms with Crippen LogP contribution in [0.1, 0.15) is 18.9 Å². The van der Waals surface area contributed by atoms with Gasteiger partial charge in [-0.2, -0.15) is 5.10 Å². The zero-order chi connectivity index (χ0) is 15.1. The van der Waals surface area contributed by atoms with E-state index in [1.165, 1.54) is 0 Å². The van der Waals surface area contributed by atoms with Crippen LogP contribution in [0.2, 0.25) is 0 Å². The predicted molar refractivity (Wildman–Crippen MR) is 80.1 cm³/mol. The Hall–Kier alpha value is -2.34. The van der Waals surface area contributed by atoms with Crippen molar-refractivity contribution in [3.05, 3.63) is 48.3 Å². The topological polar surface area (TPSA) is 79.2 Å². The third kappa shape index (κ3) is 4.32. The lowest BCUT2D eigenvalue weighted by molar-refractivity contribution is 0.214. The predicted octanol–water partition coefficient (Wildman–Crippen LogP) is 1.44. The summed E-state index contributed by atoms with van der Waals surface area (Å²) in [5.41, 5.74) is 1.88. The van der Waals surface area contributed by atoms with Crippen LogP contribution >= 0.6 is 0 Å². The van der Waals surface area contributed by atoms with E-state index in [0.717, 1.165) is 11.3 Å². The molecule has 1 unspecified atom stereocenters. The summed E-state index contributed by atoms with van der Waals surface area (Å²) >= 11 is 0. The van der Waals surface area contributed by atoms with Crippen molar-refractivity contribution in [3.63, 3.8) is 0 Å². The second-order valence-corrected chi connectivity index (χ2v) is 4.74. The molecule has 6 heteroatoms. The van der Waals surface area contributed by atoms with Crippen molar-refractivity contribution < 1.29 is 9.90 Å². The van der Waals surface area contributed by atoms with Crippen molar-refractivity contribution in [2.75, 3.05) is 6.61 Å². The SMILES string of the molecule is CCC(CO)NC(=O)NCc1cnn(-c2ccccc2)c1. The van der Waals surface area contributed by atoms with E-state index in [1.54, 1.807) is 10.9 Å². The highest BCUT2D eigenvalue weighted by Gasteiger charge is 2.09. The molecule has 2 aromatic rings. The molecule has 0 saturated heterocycles. The van der Waals surface area contributed by atoms with Crippen LogP contribution in [0.15, 0.2) is 42.7 Å². The highest BCUT2D eigenvalue weighted by atomic mass is 16.3. The lowest BCUT2D eigenvalue weighted by atomic mass is 10.2. The Morgan fingerprint density at radius 2 is 2.14 bits per heavy atom. The number of urea groups is 1. The van der Waals surface area contributed by atoms with Crippen LogP contribution in [0.4, 0.5) is 4.79 Å². The van der Waals surface area contributed by atoms with Gasteiger partial charge >= 0.3 is 6.03 Å². The van der Waals surface area contributed by atoms with Crippen LogP contribution < -0.4 is 10.6 Å². The lowest BCUT2D eigenvalue weighted by Gasteiger charge is -2.14. The summed E-state index contributed by atoms with van der Waals surface area (Å²) in [7, 11) is 0. The number of carbonyl (C=O) groups is 1. The molecule has 21 heavy (non-hydrogen) atoms. The van der Waals surface area contributed by atoms with E-state index in [2.05, 4.69) is 15.7 Å². The Morgan fingerprint density at radius 3 is 2.81 bits per heavy atom. The van der Waals surface area contributed by atoms with Crippen molar-refractivity contribution in [1.29, 1.82) is 0 Å². The summed E-state index contributed by atoms with van der Waals surface area (Å²) in [6, 6.07) is 9.27. The molecule has 0 fully saturated rings. The Kier molecular flexibility index (Phi) is 5.34. The molecule has 1 heterocycles. The molecule has 2 rings (SSSR count). The monoisotopic (exact) mass is 288 g/mol. The van der Waals surface area contributed by atoms with Crippen LogP contribution in [0.25, 0.3) is 5.69 Å². The Morgan fingerprint density at radius 1 is 1.38 bits per heavy atom. The van der Waals surface area contributed by atoms with Gasteiger partial charge in [-0.1, -0.05) is 25.1 Å². The van der Waals surface area contributed by atoms with Crippen molar-refractivity contribution in [2.24, 2.45) is 0 Å². The van der Waals surface area contributed by atoms with E-state index in [-0.39, 0.29) is 18.7 Å². The minimum absolute atomic E-state index is 0.0597. The van der Waals surface area contributed by atoms with Crippen molar-refractivity contribution in [2.45, 2.75) is 25.9 Å². The van der Waals surface area contributed by atoms with Gasteiger partial charge < -0.3 is 15.7 Å². The number of aliphatic hydroxyl groups excluding tert-OH is 1. The summed E-state index contributed by atoms with van der Waals surface area (Å²) < 4.78 is 1.76. The quantitative estimate of drug-likeness (QED) is 0.752. The molecule has 0 radical (unpaired) electrons. The number of hydrogen-bond acceptors (Lipinski definition) is 3. The number of benzene rings is 1. The minimum atomic E-state index is -0.289. The van der Waals surface area contributed by atoms with Gasteiger partial charge in [0.2, 0.25) is 0 Å². The van der Waals surface area contributed by atoms with E-state index in [9.17, 15) is 4.79 Å². The maximum Gasteiger partial charge on any atom is 0.315 e. The summed E-state index contributed by atoms with van der Waals surface area (Å²) in [6.45, 7) is 2.24. The van der Waals surface area contributed by atoms with Gasteiger partial charge in [-0.25, -0.2) is 9.48 Å². The number of para-hydroxylation sites is 1. The van der Waals surface area contributed by atoms with Crippen LogP contribution in [-0.4, -0.2) is 33.6 Å². The molecule has 1 aromatic carbocycles. The fourth-order valence-electron chi connectivity index (χ4n) is 1.87. The maximum absolute atomic E-state index is 11.7. The van der Waals surface area contributed by atoms with Gasteiger partial charge in [0.15, 0.2) is 0 Å². The maximum atomic E-state index is 11.7. The van der Waals surface area contributed by atoms with Gasteiger partial charge in [0.25, 0.3) is 0 Å². The smallest absolute Gasteiger partial charge is 0.315 e. The van der Waals surface area contributed by atoms with Gasteiger partial charge in [0.1, 0.15) is 0 Å². The average molecular weight is 288 g/mol. The number of carbonyl (C=O) groups excluding carboxylic acids is 1. The number of nitrogens with one attached hydrogen (secondary N) is 2. The lowest BCUT2D eigenvalue weighted by Crippen LogP contribution is -2.43. The molecule has 2 amide bonds. The highest BCUT2D eigenvalue weighted by Crippen LogP contribution is 2.07. The number of amides is 2. The van der Waals surface area contributed by atoms with E-state index in [1.807, 2.05) is 43.5 Å². The molecule has 6 nitrogen and oxygen atoms in total. The first-order valence-electron chi connectivity index (χ1n) is 6.97. The fraction of sp³-hybridized carbons (Fsp3) is 0.333. The normalized spacial score (nSPS) is 11.9. The van der Waals surface area contributed by atoms with Crippen LogP contribution in [-0.2, 0) is 6.54 Å². The molecule has 1 aromatic heterocycles. The van der Waals surface area contributed by atoms with Crippen molar-refractivity contribution >= 4 is 6.03 Å². The molecular weight excluding hydrogens is 268 g/mol. The van der Waals surface area contributed by atoms with Crippen LogP contribution in [0.5, 0.6) is 0 Å². The number of nitrogens with zero attached hydrogens (tertiary/aromatic N) is 2. The largest absolute Gasteiger partial charge is 0.394 e. The molecule has 1 atom stereocenters. The standard InChI is InChI=1S/C15H20N4O2/c1-2-13(11-20)18-15(21)16-8-12-9-17-19(10-12)14-6-4-3-5-7-14/h3-7,9-10,13,20H,2,8,11H2,1H3,(H2,16,18,21). The van der Waals surface area contributed by atoms with E-state index in [0.29, 0.717) is 13.0 Å². The zero-order valence-electron chi connectivity index (χ0n) is 12.0. The third-order valence-electron chi connectivity index (χ3n) is 3.16. The third-order valence-corrected chi connectivity index (χ3v) is 3.16. The van der Waals surface area contributed by atoms with Crippen LogP contribution in [0, 0.1) is 0 Å². The molecule has 0 aliphatic carbocycles. The van der Waals surface area contributed by atoms with E-state index in [4.69, 9.17) is 5.11 Å². The summed E-state index contributed by atoms with van der Waals surface area (Å²) in [4.78, 5) is 11.7. The van der Waals surface area contributed by atoms with Gasteiger partial charge in [-0.05, 0) is 18.6 Å². The molecule has 0 aliphatic heterocycles. The molecule has 3 N–H and O–H groups in total.